The molecule has 34 heavy (non-hydrogen) atoms. The summed E-state index contributed by atoms with van der Waals surface area (Å²) in [5.74, 6) is -1.87. The molecule has 1 aromatic heterocycles. The number of esters is 1. The first kappa shape index (κ1) is 24.3. The van der Waals surface area contributed by atoms with Crippen LogP contribution in [0, 0.1) is 5.92 Å². The number of nitrogens with two attached hydrogens (primary N) is 1. The van der Waals surface area contributed by atoms with Crippen molar-refractivity contribution < 1.29 is 19.4 Å². The van der Waals surface area contributed by atoms with Crippen LogP contribution in [-0.2, 0) is 16.1 Å². The summed E-state index contributed by atoms with van der Waals surface area (Å²) in [5.41, 5.74) is 5.35. The van der Waals surface area contributed by atoms with Crippen LogP contribution in [0.25, 0.3) is 0 Å². The lowest BCUT2D eigenvalue weighted by molar-refractivity contribution is -0.121. The highest BCUT2D eigenvalue weighted by atomic mass is 16.5. The number of aromatic hydroxyl groups is 1. The standard InChI is InChI=1S/C24H26N4O6/c1-15(2)12-27(19(30)14-34-23(32)17-9-6-10-18(29)11-17)20-21(25)28(24(33)26-22(20)31)13-16-7-4-3-5-8-16/h3-11,15,29H,12-14,25H2,1-2H3,(H,26,31,33). The molecule has 3 rings (SSSR count). The molecule has 0 radical (unpaired) electrons. The van der Waals surface area contributed by atoms with Gasteiger partial charge >= 0.3 is 11.7 Å². The summed E-state index contributed by atoms with van der Waals surface area (Å²) >= 11 is 0. The molecule has 0 aliphatic heterocycles. The molecular weight excluding hydrogens is 440 g/mol. The Hall–Kier alpha value is -4.34. The number of benzene rings is 2. The van der Waals surface area contributed by atoms with Crippen LogP contribution >= 0.6 is 0 Å². The Bertz CT molecular complexity index is 1300. The molecule has 3 aromatic rings. The van der Waals surface area contributed by atoms with Gasteiger partial charge in [-0.3, -0.25) is 19.1 Å². The van der Waals surface area contributed by atoms with Crippen molar-refractivity contribution >= 4 is 23.4 Å². The zero-order chi connectivity index (χ0) is 24.8. The number of nitrogens with zero attached hydrogens (tertiary/aromatic N) is 2. The van der Waals surface area contributed by atoms with Gasteiger partial charge in [-0.1, -0.05) is 50.2 Å². The van der Waals surface area contributed by atoms with E-state index >= 15 is 0 Å². The molecule has 0 saturated heterocycles. The van der Waals surface area contributed by atoms with Crippen LogP contribution in [0.2, 0.25) is 0 Å². The van der Waals surface area contributed by atoms with Gasteiger partial charge in [0.15, 0.2) is 12.3 Å². The molecular formula is C24H26N4O6. The minimum absolute atomic E-state index is 0.0666. The maximum Gasteiger partial charge on any atom is 0.338 e. The van der Waals surface area contributed by atoms with Gasteiger partial charge in [-0.25, -0.2) is 9.59 Å². The third kappa shape index (κ3) is 5.71. The van der Waals surface area contributed by atoms with E-state index < -0.39 is 29.7 Å². The van der Waals surface area contributed by atoms with Crippen molar-refractivity contribution in [1.29, 1.82) is 0 Å². The van der Waals surface area contributed by atoms with Gasteiger partial charge in [0.05, 0.1) is 12.1 Å². The minimum atomic E-state index is -0.819. The van der Waals surface area contributed by atoms with Crippen LogP contribution in [0.4, 0.5) is 11.5 Å². The van der Waals surface area contributed by atoms with E-state index in [0.717, 1.165) is 10.5 Å². The number of H-pyrrole nitrogens is 1. The lowest BCUT2D eigenvalue weighted by Crippen LogP contribution is -2.44. The zero-order valence-corrected chi connectivity index (χ0v) is 18.9. The van der Waals surface area contributed by atoms with Crippen molar-refractivity contribution in [2.45, 2.75) is 20.4 Å². The van der Waals surface area contributed by atoms with Crippen molar-refractivity contribution in [2.75, 3.05) is 23.8 Å². The Morgan fingerprint density at radius 2 is 1.82 bits per heavy atom. The Morgan fingerprint density at radius 1 is 1.12 bits per heavy atom. The first-order valence-electron chi connectivity index (χ1n) is 10.6. The highest BCUT2D eigenvalue weighted by Crippen LogP contribution is 2.20. The second kappa shape index (κ2) is 10.5. The molecule has 0 aliphatic rings. The number of rotatable bonds is 8. The van der Waals surface area contributed by atoms with E-state index in [4.69, 9.17) is 10.5 Å². The summed E-state index contributed by atoms with van der Waals surface area (Å²) in [5, 5.41) is 9.53. The number of hydrogen-bond acceptors (Lipinski definition) is 7. The molecule has 1 heterocycles. The van der Waals surface area contributed by atoms with Crippen molar-refractivity contribution in [2.24, 2.45) is 5.92 Å². The first-order valence-corrected chi connectivity index (χ1v) is 10.6. The quantitative estimate of drug-likeness (QED) is 0.428. The average Bonchev–Trinajstić information content (AvgIpc) is 2.79. The molecule has 10 nitrogen and oxygen atoms in total. The highest BCUT2D eigenvalue weighted by molar-refractivity contribution is 5.98. The third-order valence-electron chi connectivity index (χ3n) is 4.92. The van der Waals surface area contributed by atoms with Crippen LogP contribution in [0.1, 0.15) is 29.8 Å². The number of carbonyl (C=O) groups is 2. The van der Waals surface area contributed by atoms with E-state index in [2.05, 4.69) is 4.98 Å². The first-order chi connectivity index (χ1) is 16.2. The molecule has 1 amide bonds. The SMILES string of the molecule is CC(C)CN(C(=O)COC(=O)c1cccc(O)c1)c1c(N)n(Cc2ccccc2)c(=O)[nH]c1=O. The molecule has 0 bridgehead atoms. The largest absolute Gasteiger partial charge is 0.508 e. The number of hydrogen-bond donors (Lipinski definition) is 3. The van der Waals surface area contributed by atoms with Gasteiger partial charge in [0.1, 0.15) is 11.6 Å². The van der Waals surface area contributed by atoms with Crippen LogP contribution in [0.3, 0.4) is 0 Å². The number of phenols is 1. The van der Waals surface area contributed by atoms with Gasteiger partial charge in [0, 0.05) is 6.54 Å². The fourth-order valence-corrected chi connectivity index (χ4v) is 3.37. The smallest absolute Gasteiger partial charge is 0.338 e. The molecule has 178 valence electrons. The zero-order valence-electron chi connectivity index (χ0n) is 18.9. The van der Waals surface area contributed by atoms with Gasteiger partial charge < -0.3 is 20.5 Å². The number of amides is 1. The summed E-state index contributed by atoms with van der Waals surface area (Å²) in [6, 6.07) is 14.5. The van der Waals surface area contributed by atoms with E-state index in [-0.39, 0.29) is 41.8 Å². The summed E-state index contributed by atoms with van der Waals surface area (Å²) < 4.78 is 6.27. The topological polar surface area (TPSA) is 148 Å². The highest BCUT2D eigenvalue weighted by Gasteiger charge is 2.26. The lowest BCUT2D eigenvalue weighted by Gasteiger charge is -2.26. The van der Waals surface area contributed by atoms with E-state index in [1.807, 2.05) is 19.9 Å². The van der Waals surface area contributed by atoms with Gasteiger partial charge in [-0.15, -0.1) is 0 Å². The van der Waals surface area contributed by atoms with Gasteiger partial charge in [0.25, 0.3) is 11.5 Å². The molecule has 2 aromatic carbocycles. The maximum atomic E-state index is 13.0. The number of phenolic OH excluding ortho intramolecular Hbond substituents is 1. The molecule has 0 atom stereocenters. The van der Waals surface area contributed by atoms with Crippen molar-refractivity contribution in [1.82, 2.24) is 9.55 Å². The second-order valence-electron chi connectivity index (χ2n) is 8.09. The number of aromatic nitrogens is 2. The predicted molar refractivity (Wildman–Crippen MR) is 127 cm³/mol. The van der Waals surface area contributed by atoms with E-state index in [1.165, 1.54) is 28.8 Å². The Balaban J connectivity index is 1.91. The Morgan fingerprint density at radius 3 is 2.47 bits per heavy atom. The Kier molecular flexibility index (Phi) is 7.52. The Labute approximate surface area is 195 Å². The number of ether oxygens (including phenoxy) is 1. The number of carbonyl (C=O) groups excluding carboxylic acids is 2. The van der Waals surface area contributed by atoms with Crippen LogP contribution in [0.15, 0.2) is 64.2 Å². The van der Waals surface area contributed by atoms with Crippen LogP contribution < -0.4 is 21.9 Å². The van der Waals surface area contributed by atoms with E-state index in [0.29, 0.717) is 0 Å². The number of nitrogens with one attached hydrogen (secondary N) is 1. The van der Waals surface area contributed by atoms with E-state index in [9.17, 15) is 24.3 Å². The number of nitrogen functional groups attached to an aromatic ring is 1. The number of aromatic amines is 1. The maximum absolute atomic E-state index is 13.0. The number of anilines is 2. The predicted octanol–water partition coefficient (Wildman–Crippen LogP) is 1.72. The molecule has 0 unspecified atom stereocenters. The molecule has 0 aliphatic carbocycles. The van der Waals surface area contributed by atoms with Crippen LogP contribution in [0.5, 0.6) is 5.75 Å². The fraction of sp³-hybridized carbons (Fsp3) is 0.250. The average molecular weight is 466 g/mol. The third-order valence-corrected chi connectivity index (χ3v) is 4.92. The van der Waals surface area contributed by atoms with Crippen LogP contribution in [-0.4, -0.2) is 39.7 Å². The summed E-state index contributed by atoms with van der Waals surface area (Å²) in [6.07, 6.45) is 0. The molecule has 4 N–H and O–H groups in total. The van der Waals surface area contributed by atoms with Gasteiger partial charge in [-0.05, 0) is 29.7 Å². The molecule has 0 saturated carbocycles. The van der Waals surface area contributed by atoms with Gasteiger partial charge in [0.2, 0.25) is 0 Å². The lowest BCUT2D eigenvalue weighted by atomic mass is 10.2. The normalized spacial score (nSPS) is 10.8. The monoisotopic (exact) mass is 466 g/mol. The van der Waals surface area contributed by atoms with Crippen molar-refractivity contribution in [3.05, 3.63) is 86.6 Å². The van der Waals surface area contributed by atoms with Crippen molar-refractivity contribution in [3.8, 4) is 5.75 Å². The molecule has 0 fully saturated rings. The molecule has 10 heteroatoms. The molecule has 0 spiro atoms. The minimum Gasteiger partial charge on any atom is -0.508 e. The van der Waals surface area contributed by atoms with E-state index in [1.54, 1.807) is 24.3 Å². The van der Waals surface area contributed by atoms with Crippen molar-refractivity contribution in [3.63, 3.8) is 0 Å². The summed E-state index contributed by atoms with van der Waals surface area (Å²) in [6.45, 7) is 3.19. The summed E-state index contributed by atoms with van der Waals surface area (Å²) in [4.78, 5) is 53.8. The fourth-order valence-electron chi connectivity index (χ4n) is 3.37. The van der Waals surface area contributed by atoms with Gasteiger partial charge in [-0.2, -0.15) is 0 Å². The summed E-state index contributed by atoms with van der Waals surface area (Å²) in [7, 11) is 0. The second-order valence-corrected chi connectivity index (χ2v) is 8.09.